The molecule has 142 valence electrons. The molecule has 0 aromatic heterocycles. The molecule has 0 radical (unpaired) electrons. The zero-order chi connectivity index (χ0) is 19.9. The van der Waals surface area contributed by atoms with E-state index in [1.54, 1.807) is 24.3 Å². The average Bonchev–Trinajstić information content (AvgIpc) is 2.69. The topological polar surface area (TPSA) is 114 Å². The molecule has 0 unspecified atom stereocenters. The van der Waals surface area contributed by atoms with Gasteiger partial charge < -0.3 is 14.2 Å². The molecule has 0 atom stereocenters. The Bertz CT molecular complexity index is 885. The van der Waals surface area contributed by atoms with Gasteiger partial charge in [0.1, 0.15) is 17.2 Å². The van der Waals surface area contributed by atoms with Crippen LogP contribution in [0.4, 0.5) is 11.4 Å². The molecule has 28 heavy (non-hydrogen) atoms. The molecular formula is C19H14N2O7. The minimum absolute atomic E-state index is 0.0795. The molecule has 0 amide bonds. The van der Waals surface area contributed by atoms with Gasteiger partial charge in [0, 0.05) is 24.3 Å². The summed E-state index contributed by atoms with van der Waals surface area (Å²) in [6, 6.07) is 19.6. The number of benzene rings is 3. The van der Waals surface area contributed by atoms with Crippen LogP contribution < -0.4 is 14.2 Å². The third-order valence-electron chi connectivity index (χ3n) is 3.54. The number of hydrogen-bond acceptors (Lipinski definition) is 7. The smallest absolute Gasteiger partial charge is 0.406 e. The van der Waals surface area contributed by atoms with Gasteiger partial charge in [-0.1, -0.05) is 18.2 Å². The van der Waals surface area contributed by atoms with Crippen LogP contribution in [0.1, 0.15) is 0 Å². The highest BCUT2D eigenvalue weighted by atomic mass is 16.8. The van der Waals surface area contributed by atoms with E-state index in [-0.39, 0.29) is 22.9 Å². The Hall–Kier alpha value is -4.14. The summed E-state index contributed by atoms with van der Waals surface area (Å²) in [5, 5.41) is 21.5. The second-order valence-corrected chi connectivity index (χ2v) is 5.46. The van der Waals surface area contributed by atoms with Crippen LogP contribution >= 0.6 is 0 Å². The third-order valence-corrected chi connectivity index (χ3v) is 3.54. The first-order valence-electron chi connectivity index (χ1n) is 8.05. The number of nitro benzene ring substituents is 2. The molecule has 0 aliphatic carbocycles. The zero-order valence-corrected chi connectivity index (χ0v) is 14.3. The molecule has 0 fully saturated rings. The van der Waals surface area contributed by atoms with Crippen LogP contribution in [0.15, 0.2) is 78.9 Å². The highest BCUT2D eigenvalue weighted by Gasteiger charge is 2.17. The zero-order valence-electron chi connectivity index (χ0n) is 14.3. The van der Waals surface area contributed by atoms with Crippen molar-refractivity contribution in [1.82, 2.24) is 0 Å². The Kier molecular flexibility index (Phi) is 5.66. The quantitative estimate of drug-likeness (QED) is 0.324. The van der Waals surface area contributed by atoms with E-state index in [2.05, 4.69) is 0 Å². The minimum atomic E-state index is -1.23. The first kappa shape index (κ1) is 18.6. The van der Waals surface area contributed by atoms with Gasteiger partial charge in [-0.2, -0.15) is 0 Å². The van der Waals surface area contributed by atoms with Crippen molar-refractivity contribution < 1.29 is 24.1 Å². The lowest BCUT2D eigenvalue weighted by molar-refractivity contribution is -0.385. The molecule has 9 heteroatoms. The van der Waals surface area contributed by atoms with Crippen LogP contribution in [-0.2, 0) is 0 Å². The van der Waals surface area contributed by atoms with Gasteiger partial charge in [-0.3, -0.25) is 20.2 Å². The Morgan fingerprint density at radius 1 is 0.571 bits per heavy atom. The molecular weight excluding hydrogens is 368 g/mol. The van der Waals surface area contributed by atoms with Crippen LogP contribution in [0.5, 0.6) is 17.2 Å². The predicted molar refractivity (Wildman–Crippen MR) is 98.3 cm³/mol. The Morgan fingerprint density at radius 2 is 0.929 bits per heavy atom. The Labute approximate surface area is 159 Å². The van der Waals surface area contributed by atoms with Crippen LogP contribution in [-0.4, -0.2) is 16.3 Å². The summed E-state index contributed by atoms with van der Waals surface area (Å²) < 4.78 is 16.9. The third kappa shape index (κ3) is 4.94. The maximum Gasteiger partial charge on any atom is 0.406 e. The van der Waals surface area contributed by atoms with Gasteiger partial charge >= 0.3 is 6.48 Å². The lowest BCUT2D eigenvalue weighted by Gasteiger charge is -2.21. The van der Waals surface area contributed by atoms with E-state index in [1.165, 1.54) is 48.5 Å². The molecule has 0 saturated carbocycles. The highest BCUT2D eigenvalue weighted by molar-refractivity contribution is 5.37. The second kappa shape index (κ2) is 8.49. The van der Waals surface area contributed by atoms with Crippen molar-refractivity contribution in [2.45, 2.75) is 6.48 Å². The van der Waals surface area contributed by atoms with E-state index in [4.69, 9.17) is 14.2 Å². The van der Waals surface area contributed by atoms with Crippen molar-refractivity contribution in [1.29, 1.82) is 0 Å². The van der Waals surface area contributed by atoms with Crippen LogP contribution in [0, 0.1) is 20.2 Å². The maximum atomic E-state index is 10.8. The van der Waals surface area contributed by atoms with Crippen LogP contribution in [0.25, 0.3) is 0 Å². The summed E-state index contributed by atoms with van der Waals surface area (Å²) in [6.45, 7) is -1.23. The number of nitro groups is 2. The van der Waals surface area contributed by atoms with Crippen LogP contribution in [0.3, 0.4) is 0 Å². The minimum Gasteiger partial charge on any atom is -0.423 e. The molecule has 0 aliphatic heterocycles. The summed E-state index contributed by atoms with van der Waals surface area (Å²) in [5.41, 5.74) is -0.159. The SMILES string of the molecule is O=[N+]([O-])c1ccc(OC(Oc2ccccc2)Oc2ccc([N+](=O)[O-])cc2)cc1. The normalized spacial score (nSPS) is 10.3. The van der Waals surface area contributed by atoms with Crippen molar-refractivity contribution in [2.75, 3.05) is 0 Å². The first-order chi connectivity index (χ1) is 13.5. The predicted octanol–water partition coefficient (Wildman–Crippen LogP) is 4.32. The van der Waals surface area contributed by atoms with Gasteiger partial charge in [0.2, 0.25) is 0 Å². The standard InChI is InChI=1S/C19H14N2O7/c22-20(23)14-6-10-17(11-7-14)27-19(26-16-4-2-1-3-5-16)28-18-12-8-15(9-13-18)21(24)25/h1-13,19H. The van der Waals surface area contributed by atoms with Gasteiger partial charge in [0.25, 0.3) is 11.4 Å². The van der Waals surface area contributed by atoms with Gasteiger partial charge in [-0.25, -0.2) is 0 Å². The first-order valence-corrected chi connectivity index (χ1v) is 8.05. The summed E-state index contributed by atoms with van der Waals surface area (Å²) in [6.07, 6.45) is 0. The number of non-ortho nitro benzene ring substituents is 2. The summed E-state index contributed by atoms with van der Waals surface area (Å²) in [4.78, 5) is 20.5. The number of hydrogen-bond donors (Lipinski definition) is 0. The molecule has 3 aromatic carbocycles. The van der Waals surface area contributed by atoms with E-state index < -0.39 is 16.3 Å². The largest absolute Gasteiger partial charge is 0.423 e. The van der Waals surface area contributed by atoms with Crippen molar-refractivity contribution in [2.24, 2.45) is 0 Å². The lowest BCUT2D eigenvalue weighted by atomic mass is 10.3. The van der Waals surface area contributed by atoms with Gasteiger partial charge in [-0.15, -0.1) is 0 Å². The van der Waals surface area contributed by atoms with Gasteiger partial charge in [-0.05, 0) is 36.4 Å². The fraction of sp³-hybridized carbons (Fsp3) is 0.0526. The lowest BCUT2D eigenvalue weighted by Crippen LogP contribution is -2.30. The van der Waals surface area contributed by atoms with E-state index >= 15 is 0 Å². The number of para-hydroxylation sites is 1. The number of rotatable bonds is 8. The van der Waals surface area contributed by atoms with Crippen molar-refractivity contribution >= 4 is 11.4 Å². The molecule has 0 heterocycles. The Balaban J connectivity index is 1.77. The molecule has 0 aliphatic rings. The molecule has 0 saturated heterocycles. The fourth-order valence-electron chi connectivity index (χ4n) is 2.20. The van der Waals surface area contributed by atoms with E-state index in [1.807, 2.05) is 6.07 Å². The summed E-state index contributed by atoms with van der Waals surface area (Å²) >= 11 is 0. The molecule has 3 rings (SSSR count). The number of ether oxygens (including phenoxy) is 3. The monoisotopic (exact) mass is 382 g/mol. The molecule has 0 spiro atoms. The maximum absolute atomic E-state index is 10.8. The van der Waals surface area contributed by atoms with E-state index in [0.717, 1.165) is 0 Å². The van der Waals surface area contributed by atoms with E-state index in [9.17, 15) is 20.2 Å². The van der Waals surface area contributed by atoms with E-state index in [0.29, 0.717) is 5.75 Å². The molecule has 0 N–H and O–H groups in total. The average molecular weight is 382 g/mol. The summed E-state index contributed by atoms with van der Waals surface area (Å²) in [5.74, 6) is 1.04. The van der Waals surface area contributed by atoms with Crippen molar-refractivity contribution in [3.05, 3.63) is 99.1 Å². The molecule has 9 nitrogen and oxygen atoms in total. The van der Waals surface area contributed by atoms with Crippen molar-refractivity contribution in [3.8, 4) is 17.2 Å². The highest BCUT2D eigenvalue weighted by Crippen LogP contribution is 2.23. The van der Waals surface area contributed by atoms with Gasteiger partial charge in [0.15, 0.2) is 0 Å². The number of nitrogens with zero attached hydrogens (tertiary/aromatic N) is 2. The fourth-order valence-corrected chi connectivity index (χ4v) is 2.20. The van der Waals surface area contributed by atoms with Gasteiger partial charge in [0.05, 0.1) is 9.85 Å². The Morgan fingerprint density at radius 3 is 1.29 bits per heavy atom. The van der Waals surface area contributed by atoms with Crippen molar-refractivity contribution in [3.63, 3.8) is 0 Å². The summed E-state index contributed by atoms with van der Waals surface area (Å²) in [7, 11) is 0. The second-order valence-electron chi connectivity index (χ2n) is 5.46. The molecule has 0 bridgehead atoms. The van der Waals surface area contributed by atoms with Crippen LogP contribution in [0.2, 0.25) is 0 Å². The molecule has 3 aromatic rings.